The number of aliphatic hydroxyl groups excluding tert-OH is 2. The van der Waals surface area contributed by atoms with Gasteiger partial charge < -0.3 is 26.2 Å². The molecule has 162 valence electrons. The van der Waals surface area contributed by atoms with E-state index in [-0.39, 0.29) is 12.5 Å². The Hall–Kier alpha value is -3.51. The number of likely N-dealkylation sites (N-methyl/N-ethyl adjacent to an activating group) is 1. The van der Waals surface area contributed by atoms with E-state index in [4.69, 9.17) is 5.11 Å². The molecule has 0 unspecified atom stereocenters. The highest BCUT2D eigenvalue weighted by Gasteiger charge is 2.25. The number of nitrogens with one attached hydrogen (secondary N) is 3. The van der Waals surface area contributed by atoms with Gasteiger partial charge in [-0.15, -0.1) is 0 Å². The van der Waals surface area contributed by atoms with E-state index in [9.17, 15) is 19.5 Å². The first-order valence-corrected chi connectivity index (χ1v) is 9.63. The molecule has 0 aliphatic heterocycles. The Morgan fingerprint density at radius 1 is 0.968 bits per heavy atom. The fourth-order valence-corrected chi connectivity index (χ4v) is 2.64. The number of carbonyl (C=O) groups excluding carboxylic acids is 3. The summed E-state index contributed by atoms with van der Waals surface area (Å²) in [5.41, 5.74) is 2.41. The highest BCUT2D eigenvalue weighted by Crippen LogP contribution is 2.09. The zero-order valence-electron chi connectivity index (χ0n) is 17.3. The molecule has 8 heteroatoms. The molecular weight excluding hydrogens is 398 g/mol. The predicted octanol–water partition coefficient (Wildman–Crippen LogP) is 0.285. The topological polar surface area (TPSA) is 128 Å². The molecule has 0 aliphatic carbocycles. The summed E-state index contributed by atoms with van der Waals surface area (Å²) in [5.74, 6) is 4.65. The van der Waals surface area contributed by atoms with Gasteiger partial charge in [-0.3, -0.25) is 14.4 Å². The molecule has 0 aromatic heterocycles. The monoisotopic (exact) mass is 423 g/mol. The van der Waals surface area contributed by atoms with Crippen LogP contribution in [0.25, 0.3) is 0 Å². The van der Waals surface area contributed by atoms with Gasteiger partial charge in [-0.1, -0.05) is 11.8 Å². The third-order valence-electron chi connectivity index (χ3n) is 4.28. The molecule has 31 heavy (non-hydrogen) atoms. The lowest BCUT2D eigenvalue weighted by Gasteiger charge is -2.19. The van der Waals surface area contributed by atoms with Crippen molar-refractivity contribution in [2.45, 2.75) is 19.1 Å². The third-order valence-corrected chi connectivity index (χ3v) is 4.28. The van der Waals surface area contributed by atoms with Crippen molar-refractivity contribution in [1.29, 1.82) is 0 Å². The number of hydrogen-bond donors (Lipinski definition) is 5. The Morgan fingerprint density at radius 3 is 2.00 bits per heavy atom. The lowest BCUT2D eigenvalue weighted by atomic mass is 10.1. The number of Topliss-reactive ketones (excluding diaryl/α,β-unsaturated/α-hetero) is 1. The standard InChI is InChI=1S/C23H25N3O5/c1-15(28)22(20(29)14-27)26-23(31)18-9-5-16(6-10-18)3-4-17-7-11-19(12-8-17)25-21(30)13-24-2/h5-12,15,22,24,27-28H,13-14H2,1-2H3,(H,25,30)(H,26,31)/t15-,22+/m1/s1. The van der Waals surface area contributed by atoms with Crippen molar-refractivity contribution in [3.8, 4) is 11.8 Å². The van der Waals surface area contributed by atoms with Gasteiger partial charge in [0.15, 0.2) is 5.78 Å². The number of ketones is 1. The van der Waals surface area contributed by atoms with Crippen LogP contribution in [0.3, 0.4) is 0 Å². The van der Waals surface area contributed by atoms with Crippen molar-refractivity contribution in [2.75, 3.05) is 25.5 Å². The highest BCUT2D eigenvalue weighted by molar-refractivity contribution is 5.98. The number of aliphatic hydroxyl groups is 2. The summed E-state index contributed by atoms with van der Waals surface area (Å²) in [6.45, 7) is 0.820. The first-order chi connectivity index (χ1) is 14.8. The van der Waals surface area contributed by atoms with Gasteiger partial charge in [0.25, 0.3) is 5.91 Å². The zero-order chi connectivity index (χ0) is 22.8. The van der Waals surface area contributed by atoms with E-state index in [2.05, 4.69) is 27.8 Å². The van der Waals surface area contributed by atoms with Crippen LogP contribution in [0, 0.1) is 11.8 Å². The summed E-state index contributed by atoms with van der Waals surface area (Å²) in [5, 5.41) is 26.5. The van der Waals surface area contributed by atoms with Crippen LogP contribution in [-0.4, -0.2) is 60.2 Å². The molecule has 0 radical (unpaired) electrons. The molecular formula is C23H25N3O5. The van der Waals surface area contributed by atoms with Gasteiger partial charge in [0, 0.05) is 22.4 Å². The van der Waals surface area contributed by atoms with Crippen molar-refractivity contribution < 1.29 is 24.6 Å². The largest absolute Gasteiger partial charge is 0.391 e. The minimum absolute atomic E-state index is 0.133. The molecule has 2 atom stereocenters. The summed E-state index contributed by atoms with van der Waals surface area (Å²) in [6.07, 6.45) is -1.13. The molecule has 0 saturated carbocycles. The number of benzene rings is 2. The van der Waals surface area contributed by atoms with E-state index in [1.54, 1.807) is 55.6 Å². The molecule has 2 rings (SSSR count). The maximum absolute atomic E-state index is 12.3. The number of anilines is 1. The number of carbonyl (C=O) groups is 3. The van der Waals surface area contributed by atoms with Crippen molar-refractivity contribution in [3.05, 3.63) is 65.2 Å². The van der Waals surface area contributed by atoms with Crippen molar-refractivity contribution in [3.63, 3.8) is 0 Å². The van der Waals surface area contributed by atoms with E-state index in [0.717, 1.165) is 5.56 Å². The van der Waals surface area contributed by atoms with E-state index in [0.29, 0.717) is 16.8 Å². The summed E-state index contributed by atoms with van der Waals surface area (Å²) in [7, 11) is 1.70. The van der Waals surface area contributed by atoms with Gasteiger partial charge in [0.2, 0.25) is 5.91 Å². The second-order valence-corrected chi connectivity index (χ2v) is 6.80. The molecule has 0 fully saturated rings. The van der Waals surface area contributed by atoms with E-state index in [1.165, 1.54) is 6.92 Å². The molecule has 0 spiro atoms. The van der Waals surface area contributed by atoms with Crippen LogP contribution in [0.1, 0.15) is 28.4 Å². The van der Waals surface area contributed by atoms with Crippen LogP contribution in [0.2, 0.25) is 0 Å². The van der Waals surface area contributed by atoms with E-state index < -0.39 is 30.4 Å². The minimum atomic E-state index is -1.18. The third kappa shape index (κ3) is 7.35. The first kappa shape index (κ1) is 23.8. The Labute approximate surface area is 180 Å². The smallest absolute Gasteiger partial charge is 0.251 e. The second-order valence-electron chi connectivity index (χ2n) is 6.80. The average molecular weight is 423 g/mol. The Kier molecular flexibility index (Phi) is 8.91. The number of hydrogen-bond acceptors (Lipinski definition) is 6. The molecule has 8 nitrogen and oxygen atoms in total. The van der Waals surface area contributed by atoms with Crippen molar-refractivity contribution >= 4 is 23.3 Å². The van der Waals surface area contributed by atoms with Crippen LogP contribution in [0.15, 0.2) is 48.5 Å². The molecule has 0 heterocycles. The highest BCUT2D eigenvalue weighted by atomic mass is 16.3. The maximum Gasteiger partial charge on any atom is 0.251 e. The fourth-order valence-electron chi connectivity index (χ4n) is 2.64. The first-order valence-electron chi connectivity index (χ1n) is 9.63. The van der Waals surface area contributed by atoms with Crippen LogP contribution in [0.5, 0.6) is 0 Å². The molecule has 2 aromatic rings. The molecule has 0 bridgehead atoms. The maximum atomic E-state index is 12.3. The lowest BCUT2D eigenvalue weighted by Crippen LogP contribution is -2.48. The second kappa shape index (κ2) is 11.6. The van der Waals surface area contributed by atoms with Gasteiger partial charge in [-0.05, 0) is 62.5 Å². The summed E-state index contributed by atoms with van der Waals surface area (Å²) >= 11 is 0. The molecule has 2 aromatic carbocycles. The Balaban J connectivity index is 2.01. The van der Waals surface area contributed by atoms with Crippen LogP contribution < -0.4 is 16.0 Å². The average Bonchev–Trinajstić information content (AvgIpc) is 2.76. The molecule has 2 amide bonds. The summed E-state index contributed by atoms with van der Waals surface area (Å²) < 4.78 is 0. The Morgan fingerprint density at radius 2 is 1.52 bits per heavy atom. The normalized spacial score (nSPS) is 12.1. The quantitative estimate of drug-likeness (QED) is 0.388. The van der Waals surface area contributed by atoms with Gasteiger partial charge in [0.05, 0.1) is 12.6 Å². The van der Waals surface area contributed by atoms with Gasteiger partial charge >= 0.3 is 0 Å². The van der Waals surface area contributed by atoms with Crippen LogP contribution in [-0.2, 0) is 9.59 Å². The van der Waals surface area contributed by atoms with E-state index >= 15 is 0 Å². The number of amides is 2. The van der Waals surface area contributed by atoms with Crippen molar-refractivity contribution in [2.24, 2.45) is 0 Å². The Bertz CT molecular complexity index is 973. The molecule has 5 N–H and O–H groups in total. The van der Waals surface area contributed by atoms with Gasteiger partial charge in [-0.25, -0.2) is 0 Å². The van der Waals surface area contributed by atoms with E-state index in [1.807, 2.05) is 0 Å². The molecule has 0 saturated heterocycles. The van der Waals surface area contributed by atoms with Crippen molar-refractivity contribution in [1.82, 2.24) is 10.6 Å². The van der Waals surface area contributed by atoms with Gasteiger partial charge in [0.1, 0.15) is 12.6 Å². The predicted molar refractivity (Wildman–Crippen MR) is 116 cm³/mol. The zero-order valence-corrected chi connectivity index (χ0v) is 17.3. The van der Waals surface area contributed by atoms with Gasteiger partial charge in [-0.2, -0.15) is 0 Å². The summed E-state index contributed by atoms with van der Waals surface area (Å²) in [4.78, 5) is 35.5. The SMILES string of the molecule is CNCC(=O)Nc1ccc(C#Cc2ccc(C(=O)N[C@H](C(=O)CO)[C@@H](C)O)cc2)cc1. The van der Waals surface area contributed by atoms with Crippen LogP contribution >= 0.6 is 0 Å². The summed E-state index contributed by atoms with van der Waals surface area (Å²) in [6, 6.07) is 12.4. The fraction of sp³-hybridized carbons (Fsp3) is 0.261. The van der Waals surface area contributed by atoms with Crippen LogP contribution in [0.4, 0.5) is 5.69 Å². The lowest BCUT2D eigenvalue weighted by molar-refractivity contribution is -0.125. The molecule has 0 aliphatic rings. The minimum Gasteiger partial charge on any atom is -0.391 e. The number of rotatable bonds is 8.